The van der Waals surface area contributed by atoms with E-state index in [-0.39, 0.29) is 18.4 Å². The third-order valence-corrected chi connectivity index (χ3v) is 4.38. The Labute approximate surface area is 145 Å². The van der Waals surface area contributed by atoms with Crippen LogP contribution in [0, 0.1) is 0 Å². The summed E-state index contributed by atoms with van der Waals surface area (Å²) in [7, 11) is 1.79. The van der Waals surface area contributed by atoms with E-state index < -0.39 is 0 Å². The van der Waals surface area contributed by atoms with Crippen molar-refractivity contribution in [2.45, 2.75) is 13.0 Å². The van der Waals surface area contributed by atoms with Crippen molar-refractivity contribution in [1.82, 2.24) is 10.3 Å². The number of anilines is 2. The molecule has 2 N–H and O–H groups in total. The highest BCUT2D eigenvalue weighted by molar-refractivity contribution is 6.02. The number of hydrogen-bond acceptors (Lipinski definition) is 5. The molecule has 2 amide bonds. The van der Waals surface area contributed by atoms with E-state index in [1.165, 1.54) is 11.8 Å². The Morgan fingerprint density at radius 1 is 1.44 bits per heavy atom. The average molecular weight is 338 g/mol. The SMILES string of the molecule is CN1CC(=O)Nc2cc(C(=O)NCc3cccc4c3OCC4)cnc21. The van der Waals surface area contributed by atoms with E-state index in [0.717, 1.165) is 17.7 Å². The van der Waals surface area contributed by atoms with E-state index in [1.54, 1.807) is 18.0 Å². The summed E-state index contributed by atoms with van der Waals surface area (Å²) in [6, 6.07) is 7.61. The van der Waals surface area contributed by atoms with E-state index in [4.69, 9.17) is 4.74 Å². The Kier molecular flexibility index (Phi) is 3.76. The highest BCUT2D eigenvalue weighted by atomic mass is 16.5. The number of aromatic nitrogens is 1. The monoisotopic (exact) mass is 338 g/mol. The molecule has 0 atom stereocenters. The topological polar surface area (TPSA) is 83.6 Å². The summed E-state index contributed by atoms with van der Waals surface area (Å²) >= 11 is 0. The van der Waals surface area contributed by atoms with Gasteiger partial charge in [-0.15, -0.1) is 0 Å². The van der Waals surface area contributed by atoms with Crippen molar-refractivity contribution in [2.75, 3.05) is 30.4 Å². The summed E-state index contributed by atoms with van der Waals surface area (Å²) in [4.78, 5) is 30.1. The molecule has 3 heterocycles. The smallest absolute Gasteiger partial charge is 0.253 e. The molecule has 0 radical (unpaired) electrons. The Bertz CT molecular complexity index is 865. The van der Waals surface area contributed by atoms with Crippen molar-refractivity contribution in [3.63, 3.8) is 0 Å². The molecular formula is C18H18N4O3. The van der Waals surface area contributed by atoms with Crippen LogP contribution in [-0.2, 0) is 17.8 Å². The van der Waals surface area contributed by atoms with Crippen LogP contribution < -0.4 is 20.3 Å². The van der Waals surface area contributed by atoms with Crippen molar-refractivity contribution < 1.29 is 14.3 Å². The van der Waals surface area contributed by atoms with Crippen molar-refractivity contribution in [1.29, 1.82) is 0 Å². The first kappa shape index (κ1) is 15.4. The number of ether oxygens (including phenoxy) is 1. The molecule has 1 aromatic carbocycles. The molecule has 2 aliphatic rings. The van der Waals surface area contributed by atoms with Crippen LogP contribution in [0.15, 0.2) is 30.5 Å². The molecule has 4 rings (SSSR count). The van der Waals surface area contributed by atoms with Crippen LogP contribution >= 0.6 is 0 Å². The summed E-state index contributed by atoms with van der Waals surface area (Å²) in [6.07, 6.45) is 2.42. The van der Waals surface area contributed by atoms with Crippen LogP contribution in [0.3, 0.4) is 0 Å². The van der Waals surface area contributed by atoms with E-state index in [1.807, 2.05) is 18.2 Å². The summed E-state index contributed by atoms with van der Waals surface area (Å²) in [6.45, 7) is 1.32. The highest BCUT2D eigenvalue weighted by Crippen LogP contribution is 2.29. The molecule has 25 heavy (non-hydrogen) atoms. The van der Waals surface area contributed by atoms with Gasteiger partial charge >= 0.3 is 0 Å². The molecule has 0 bridgehead atoms. The molecular weight excluding hydrogens is 320 g/mol. The fraction of sp³-hybridized carbons (Fsp3) is 0.278. The zero-order valence-electron chi connectivity index (χ0n) is 13.8. The molecule has 0 saturated heterocycles. The molecule has 0 spiro atoms. The second-order valence-corrected chi connectivity index (χ2v) is 6.19. The molecule has 7 nitrogen and oxygen atoms in total. The maximum Gasteiger partial charge on any atom is 0.253 e. The number of hydrogen-bond donors (Lipinski definition) is 2. The number of rotatable bonds is 3. The van der Waals surface area contributed by atoms with Crippen LogP contribution in [0.2, 0.25) is 0 Å². The third-order valence-electron chi connectivity index (χ3n) is 4.38. The molecule has 0 unspecified atom stereocenters. The maximum atomic E-state index is 12.4. The molecule has 0 fully saturated rings. The molecule has 2 aliphatic heterocycles. The quantitative estimate of drug-likeness (QED) is 0.882. The lowest BCUT2D eigenvalue weighted by atomic mass is 10.1. The van der Waals surface area contributed by atoms with Gasteiger partial charge in [-0.1, -0.05) is 18.2 Å². The van der Waals surface area contributed by atoms with Crippen molar-refractivity contribution in [3.8, 4) is 5.75 Å². The number of pyridine rings is 1. The van der Waals surface area contributed by atoms with E-state index in [9.17, 15) is 9.59 Å². The van der Waals surface area contributed by atoms with Gasteiger partial charge in [0.2, 0.25) is 5.91 Å². The second kappa shape index (κ2) is 6.08. The van der Waals surface area contributed by atoms with Crippen LogP contribution in [0.5, 0.6) is 5.75 Å². The average Bonchev–Trinajstić information content (AvgIpc) is 3.08. The van der Waals surface area contributed by atoms with Crippen LogP contribution in [-0.4, -0.2) is 37.0 Å². The predicted molar refractivity (Wildman–Crippen MR) is 92.9 cm³/mol. The van der Waals surface area contributed by atoms with Gasteiger partial charge in [0.15, 0.2) is 5.82 Å². The number of benzene rings is 1. The zero-order chi connectivity index (χ0) is 17.4. The van der Waals surface area contributed by atoms with E-state index >= 15 is 0 Å². The summed E-state index contributed by atoms with van der Waals surface area (Å²) < 4.78 is 5.65. The Hall–Kier alpha value is -3.09. The number of fused-ring (bicyclic) bond motifs is 2. The molecule has 128 valence electrons. The molecule has 7 heteroatoms. The first-order chi connectivity index (χ1) is 12.1. The standard InChI is InChI=1S/C18H18N4O3/c1-22-10-15(23)21-14-7-13(9-19-17(14)22)18(24)20-8-12-4-2-3-11-5-6-25-16(11)12/h2-4,7,9H,5-6,8,10H2,1H3,(H,20,24)(H,21,23). The Balaban J connectivity index is 1.50. The summed E-state index contributed by atoms with van der Waals surface area (Å²) in [5, 5.41) is 5.64. The predicted octanol–water partition coefficient (Wildman–Crippen LogP) is 1.33. The van der Waals surface area contributed by atoms with Gasteiger partial charge in [0.25, 0.3) is 5.91 Å². The van der Waals surface area contributed by atoms with Crippen LogP contribution in [0.25, 0.3) is 0 Å². The third kappa shape index (κ3) is 2.88. The first-order valence-electron chi connectivity index (χ1n) is 8.14. The number of likely N-dealkylation sites (N-methyl/N-ethyl adjacent to an activating group) is 1. The number of amides is 2. The Morgan fingerprint density at radius 2 is 2.32 bits per heavy atom. The summed E-state index contributed by atoms with van der Waals surface area (Å²) in [5.41, 5.74) is 3.09. The second-order valence-electron chi connectivity index (χ2n) is 6.19. The van der Waals surface area contributed by atoms with Gasteiger partial charge in [-0.05, 0) is 11.6 Å². The number of para-hydroxylation sites is 1. The van der Waals surface area contributed by atoms with Gasteiger partial charge in [0, 0.05) is 31.8 Å². The van der Waals surface area contributed by atoms with Gasteiger partial charge in [-0.3, -0.25) is 9.59 Å². The minimum absolute atomic E-state index is 0.119. The van der Waals surface area contributed by atoms with Crippen molar-refractivity contribution in [2.24, 2.45) is 0 Å². The normalized spacial score (nSPS) is 15.1. The number of nitrogens with one attached hydrogen (secondary N) is 2. The van der Waals surface area contributed by atoms with Gasteiger partial charge in [-0.2, -0.15) is 0 Å². The highest BCUT2D eigenvalue weighted by Gasteiger charge is 2.22. The maximum absolute atomic E-state index is 12.4. The fourth-order valence-electron chi connectivity index (χ4n) is 3.16. The number of nitrogens with zero attached hydrogens (tertiary/aromatic N) is 2. The zero-order valence-corrected chi connectivity index (χ0v) is 13.8. The van der Waals surface area contributed by atoms with Gasteiger partial charge < -0.3 is 20.3 Å². The molecule has 0 saturated carbocycles. The largest absolute Gasteiger partial charge is 0.493 e. The van der Waals surface area contributed by atoms with Crippen molar-refractivity contribution in [3.05, 3.63) is 47.2 Å². The molecule has 1 aromatic heterocycles. The van der Waals surface area contributed by atoms with Gasteiger partial charge in [-0.25, -0.2) is 4.98 Å². The van der Waals surface area contributed by atoms with Crippen LogP contribution in [0.4, 0.5) is 11.5 Å². The van der Waals surface area contributed by atoms with Crippen LogP contribution in [0.1, 0.15) is 21.5 Å². The van der Waals surface area contributed by atoms with E-state index in [2.05, 4.69) is 15.6 Å². The van der Waals surface area contributed by atoms with Gasteiger partial charge in [0.1, 0.15) is 5.75 Å². The lowest BCUT2D eigenvalue weighted by molar-refractivity contribution is -0.115. The Morgan fingerprint density at radius 3 is 3.20 bits per heavy atom. The summed E-state index contributed by atoms with van der Waals surface area (Å²) in [5.74, 6) is 1.17. The molecule has 0 aliphatic carbocycles. The minimum atomic E-state index is -0.242. The lowest BCUT2D eigenvalue weighted by Gasteiger charge is -2.26. The molecule has 2 aromatic rings. The van der Waals surface area contributed by atoms with Crippen molar-refractivity contribution >= 4 is 23.3 Å². The van der Waals surface area contributed by atoms with Gasteiger partial charge in [0.05, 0.1) is 24.4 Å². The number of carbonyl (C=O) groups excluding carboxylic acids is 2. The number of carbonyl (C=O) groups is 2. The lowest BCUT2D eigenvalue weighted by Crippen LogP contribution is -2.36. The fourth-order valence-corrected chi connectivity index (χ4v) is 3.16. The van der Waals surface area contributed by atoms with E-state index in [0.29, 0.717) is 30.2 Å². The minimum Gasteiger partial charge on any atom is -0.493 e. The first-order valence-corrected chi connectivity index (χ1v) is 8.14.